The Morgan fingerprint density at radius 3 is 2.53 bits per heavy atom. The third kappa shape index (κ3) is 2.63. The molecule has 2 rings (SSSR count). The third-order valence-electron chi connectivity index (χ3n) is 2.92. The van der Waals surface area contributed by atoms with E-state index in [1.807, 2.05) is 0 Å². The van der Waals surface area contributed by atoms with E-state index in [0.717, 1.165) is 8.47 Å². The molecule has 0 spiro atoms. The van der Waals surface area contributed by atoms with E-state index in [9.17, 15) is 18.0 Å². The fourth-order valence-corrected chi connectivity index (χ4v) is 2.55. The van der Waals surface area contributed by atoms with Gasteiger partial charge in [0.1, 0.15) is 0 Å². The molecule has 0 aromatic heterocycles. The molecule has 1 aliphatic heterocycles. The SMILES string of the molecule is CC1(C)C=Cc2cc(I)ccc2N1C(=O)C(F)(F)F. The number of fused-ring (bicyclic) bond motifs is 1. The molecule has 0 N–H and O–H groups in total. The second kappa shape index (κ2) is 4.50. The van der Waals surface area contributed by atoms with Gasteiger partial charge in [-0.3, -0.25) is 9.69 Å². The molecule has 0 saturated carbocycles. The average Bonchev–Trinajstić information content (AvgIpc) is 2.27. The van der Waals surface area contributed by atoms with E-state index in [2.05, 4.69) is 22.6 Å². The summed E-state index contributed by atoms with van der Waals surface area (Å²) in [4.78, 5) is 12.5. The van der Waals surface area contributed by atoms with Gasteiger partial charge in [-0.15, -0.1) is 0 Å². The molecule has 1 aromatic carbocycles. The molecular weight excluding hydrogens is 370 g/mol. The van der Waals surface area contributed by atoms with Crippen molar-refractivity contribution in [3.05, 3.63) is 33.4 Å². The Balaban J connectivity index is 2.59. The maximum Gasteiger partial charge on any atom is 0.471 e. The van der Waals surface area contributed by atoms with Crippen LogP contribution in [-0.2, 0) is 4.79 Å². The molecule has 6 heteroatoms. The van der Waals surface area contributed by atoms with Crippen molar-refractivity contribution in [2.75, 3.05) is 4.90 Å². The molecule has 0 fully saturated rings. The van der Waals surface area contributed by atoms with Gasteiger partial charge in [-0.05, 0) is 60.2 Å². The molecule has 0 radical (unpaired) electrons. The molecular formula is C13H11F3INO. The summed E-state index contributed by atoms with van der Waals surface area (Å²) in [5, 5.41) is 0. The van der Waals surface area contributed by atoms with Crippen LogP contribution in [0.5, 0.6) is 0 Å². The van der Waals surface area contributed by atoms with Crippen LogP contribution in [0.25, 0.3) is 6.08 Å². The van der Waals surface area contributed by atoms with Crippen LogP contribution in [0.15, 0.2) is 24.3 Å². The first-order valence-electron chi connectivity index (χ1n) is 5.53. The standard InChI is InChI=1S/C13H11F3INO/c1-12(2)6-5-8-7-9(17)3-4-10(8)18(12)11(19)13(14,15)16/h3-7H,1-2H3. The van der Waals surface area contributed by atoms with E-state index < -0.39 is 17.6 Å². The van der Waals surface area contributed by atoms with Crippen molar-refractivity contribution in [1.82, 2.24) is 0 Å². The van der Waals surface area contributed by atoms with Crippen LogP contribution in [0.4, 0.5) is 18.9 Å². The first kappa shape index (κ1) is 14.4. The number of carbonyl (C=O) groups is 1. The molecule has 19 heavy (non-hydrogen) atoms. The van der Waals surface area contributed by atoms with Gasteiger partial charge in [0.05, 0.1) is 11.2 Å². The van der Waals surface area contributed by atoms with E-state index in [0.29, 0.717) is 5.56 Å². The summed E-state index contributed by atoms with van der Waals surface area (Å²) < 4.78 is 39.1. The number of carbonyl (C=O) groups excluding carboxylic acids is 1. The highest BCUT2D eigenvalue weighted by Crippen LogP contribution is 2.38. The van der Waals surface area contributed by atoms with E-state index in [1.165, 1.54) is 0 Å². The van der Waals surface area contributed by atoms with E-state index in [4.69, 9.17) is 0 Å². The number of nitrogens with zero attached hydrogens (tertiary/aromatic N) is 1. The van der Waals surface area contributed by atoms with Crippen molar-refractivity contribution in [3.63, 3.8) is 0 Å². The fraction of sp³-hybridized carbons (Fsp3) is 0.308. The monoisotopic (exact) mass is 381 g/mol. The number of hydrogen-bond donors (Lipinski definition) is 0. The lowest BCUT2D eigenvalue weighted by atomic mass is 9.93. The molecule has 1 aliphatic rings. The lowest BCUT2D eigenvalue weighted by Crippen LogP contribution is -2.53. The van der Waals surface area contributed by atoms with Gasteiger partial charge in [0.25, 0.3) is 0 Å². The quantitative estimate of drug-likeness (QED) is 0.623. The summed E-state index contributed by atoms with van der Waals surface area (Å²) in [6, 6.07) is 4.98. The lowest BCUT2D eigenvalue weighted by Gasteiger charge is -2.40. The van der Waals surface area contributed by atoms with Crippen LogP contribution in [0, 0.1) is 3.57 Å². The predicted octanol–water partition coefficient (Wildman–Crippen LogP) is 3.99. The van der Waals surface area contributed by atoms with Crippen LogP contribution in [0.2, 0.25) is 0 Å². The fourth-order valence-electron chi connectivity index (χ4n) is 2.04. The molecule has 0 bridgehead atoms. The Morgan fingerprint density at radius 1 is 1.32 bits per heavy atom. The summed E-state index contributed by atoms with van der Waals surface area (Å²) in [5.74, 6) is -1.84. The van der Waals surface area contributed by atoms with Crippen molar-refractivity contribution >= 4 is 40.3 Å². The summed E-state index contributed by atoms with van der Waals surface area (Å²) in [7, 11) is 0. The number of halogens is 4. The lowest BCUT2D eigenvalue weighted by molar-refractivity contribution is -0.171. The van der Waals surface area contributed by atoms with Gasteiger partial charge in [0.2, 0.25) is 0 Å². The number of anilines is 1. The van der Waals surface area contributed by atoms with Crippen LogP contribution >= 0.6 is 22.6 Å². The Labute approximate surface area is 122 Å². The van der Waals surface area contributed by atoms with Gasteiger partial charge in [-0.2, -0.15) is 13.2 Å². The van der Waals surface area contributed by atoms with Crippen LogP contribution in [-0.4, -0.2) is 17.6 Å². The number of rotatable bonds is 0. The number of benzene rings is 1. The molecule has 1 amide bonds. The molecule has 0 aliphatic carbocycles. The first-order valence-corrected chi connectivity index (χ1v) is 6.61. The zero-order valence-electron chi connectivity index (χ0n) is 10.3. The van der Waals surface area contributed by atoms with E-state index in [1.54, 1.807) is 44.2 Å². The smallest absolute Gasteiger partial charge is 0.295 e. The Morgan fingerprint density at radius 2 is 1.95 bits per heavy atom. The summed E-state index contributed by atoms with van der Waals surface area (Å²) in [5.41, 5.74) is -0.106. The molecule has 102 valence electrons. The minimum absolute atomic E-state index is 0.287. The van der Waals surface area contributed by atoms with Crippen LogP contribution < -0.4 is 4.90 Å². The first-order chi connectivity index (χ1) is 8.63. The summed E-state index contributed by atoms with van der Waals surface area (Å²) in [6.07, 6.45) is -1.53. The number of hydrogen-bond acceptors (Lipinski definition) is 1. The number of alkyl halides is 3. The largest absolute Gasteiger partial charge is 0.471 e. The maximum atomic E-state index is 12.7. The van der Waals surface area contributed by atoms with E-state index >= 15 is 0 Å². The number of amides is 1. The van der Waals surface area contributed by atoms with Crippen molar-refractivity contribution in [1.29, 1.82) is 0 Å². The van der Waals surface area contributed by atoms with Gasteiger partial charge in [0, 0.05) is 3.57 Å². The topological polar surface area (TPSA) is 20.3 Å². The van der Waals surface area contributed by atoms with Gasteiger partial charge < -0.3 is 0 Å². The maximum absolute atomic E-state index is 12.7. The van der Waals surface area contributed by atoms with Crippen LogP contribution in [0.3, 0.4) is 0 Å². The molecule has 2 nitrogen and oxygen atoms in total. The Hall–Kier alpha value is -1.05. The third-order valence-corrected chi connectivity index (χ3v) is 3.59. The van der Waals surface area contributed by atoms with Crippen molar-refractivity contribution in [2.24, 2.45) is 0 Å². The Kier molecular flexibility index (Phi) is 3.40. The predicted molar refractivity (Wildman–Crippen MR) is 75.8 cm³/mol. The minimum atomic E-state index is -4.89. The summed E-state index contributed by atoms with van der Waals surface area (Å²) in [6.45, 7) is 3.15. The highest BCUT2D eigenvalue weighted by Gasteiger charge is 2.48. The zero-order chi connectivity index (χ0) is 14.4. The zero-order valence-corrected chi connectivity index (χ0v) is 12.4. The van der Waals surface area contributed by atoms with Crippen molar-refractivity contribution in [2.45, 2.75) is 25.6 Å². The molecule has 0 saturated heterocycles. The van der Waals surface area contributed by atoms with Gasteiger partial charge in [0.15, 0.2) is 0 Å². The molecule has 0 atom stereocenters. The normalized spacial score (nSPS) is 17.3. The van der Waals surface area contributed by atoms with Gasteiger partial charge in [-0.25, -0.2) is 0 Å². The van der Waals surface area contributed by atoms with E-state index in [-0.39, 0.29) is 5.69 Å². The second-order valence-electron chi connectivity index (χ2n) is 4.83. The minimum Gasteiger partial charge on any atom is -0.295 e. The van der Waals surface area contributed by atoms with Crippen LogP contribution in [0.1, 0.15) is 19.4 Å². The highest BCUT2D eigenvalue weighted by atomic mass is 127. The van der Waals surface area contributed by atoms with Gasteiger partial charge >= 0.3 is 12.1 Å². The molecule has 1 heterocycles. The average molecular weight is 381 g/mol. The molecule has 0 unspecified atom stereocenters. The highest BCUT2D eigenvalue weighted by molar-refractivity contribution is 14.1. The van der Waals surface area contributed by atoms with Crippen molar-refractivity contribution < 1.29 is 18.0 Å². The van der Waals surface area contributed by atoms with Gasteiger partial charge in [-0.1, -0.05) is 12.2 Å². The molecule has 1 aromatic rings. The van der Waals surface area contributed by atoms with Crippen molar-refractivity contribution in [3.8, 4) is 0 Å². The second-order valence-corrected chi connectivity index (χ2v) is 6.07. The Bertz CT molecular complexity index is 563. The summed E-state index contributed by atoms with van der Waals surface area (Å²) >= 11 is 2.08.